The van der Waals surface area contributed by atoms with E-state index in [2.05, 4.69) is 5.32 Å². The molecular weight excluding hydrogens is 306 g/mol. The number of benzene rings is 1. The molecular formula is C19H27NO4. The molecule has 0 radical (unpaired) electrons. The van der Waals surface area contributed by atoms with Crippen LogP contribution in [0.1, 0.15) is 51.0 Å². The van der Waals surface area contributed by atoms with Gasteiger partial charge in [0.05, 0.1) is 6.10 Å². The van der Waals surface area contributed by atoms with Crippen LogP contribution in [0, 0.1) is 0 Å². The molecule has 132 valence electrons. The Hall–Kier alpha value is -1.88. The minimum atomic E-state index is -1.03. The molecule has 1 fully saturated rings. The van der Waals surface area contributed by atoms with Gasteiger partial charge in [-0.25, -0.2) is 4.79 Å². The fourth-order valence-electron chi connectivity index (χ4n) is 3.07. The topological polar surface area (TPSA) is 75.6 Å². The van der Waals surface area contributed by atoms with Gasteiger partial charge in [-0.2, -0.15) is 0 Å². The summed E-state index contributed by atoms with van der Waals surface area (Å²) >= 11 is 0. The first-order valence-electron chi connectivity index (χ1n) is 8.79. The van der Waals surface area contributed by atoms with Crippen LogP contribution in [-0.2, 0) is 20.7 Å². The summed E-state index contributed by atoms with van der Waals surface area (Å²) in [5.74, 6) is -1.39. The highest BCUT2D eigenvalue weighted by atomic mass is 16.5. The van der Waals surface area contributed by atoms with Crippen molar-refractivity contribution >= 4 is 11.9 Å². The molecule has 1 amide bonds. The predicted octanol–water partition coefficient (Wildman–Crippen LogP) is 2.93. The van der Waals surface area contributed by atoms with E-state index in [0.717, 1.165) is 31.2 Å². The van der Waals surface area contributed by atoms with E-state index in [9.17, 15) is 14.7 Å². The zero-order valence-electron chi connectivity index (χ0n) is 14.2. The van der Waals surface area contributed by atoms with Crippen LogP contribution in [0.3, 0.4) is 0 Å². The van der Waals surface area contributed by atoms with Crippen LogP contribution in [-0.4, -0.2) is 35.2 Å². The molecule has 2 rings (SSSR count). The van der Waals surface area contributed by atoms with Gasteiger partial charge in [0.15, 0.2) is 0 Å². The van der Waals surface area contributed by atoms with Crippen LogP contribution in [0.4, 0.5) is 0 Å². The van der Waals surface area contributed by atoms with Crippen molar-refractivity contribution in [2.45, 2.75) is 70.1 Å². The first-order chi connectivity index (χ1) is 11.6. The third-order valence-corrected chi connectivity index (χ3v) is 4.47. The molecule has 2 unspecified atom stereocenters. The minimum Gasteiger partial charge on any atom is -0.480 e. The van der Waals surface area contributed by atoms with Gasteiger partial charge < -0.3 is 15.2 Å². The van der Waals surface area contributed by atoms with E-state index in [1.165, 1.54) is 12.8 Å². The van der Waals surface area contributed by atoms with Gasteiger partial charge in [-0.05, 0) is 25.3 Å². The fourth-order valence-corrected chi connectivity index (χ4v) is 3.07. The van der Waals surface area contributed by atoms with Crippen LogP contribution in [0.15, 0.2) is 30.3 Å². The lowest BCUT2D eigenvalue weighted by Crippen LogP contribution is -2.47. The maximum absolute atomic E-state index is 12.3. The summed E-state index contributed by atoms with van der Waals surface area (Å²) in [6.07, 6.45) is 6.38. The van der Waals surface area contributed by atoms with E-state index < -0.39 is 18.1 Å². The fraction of sp³-hybridized carbons (Fsp3) is 0.579. The predicted molar refractivity (Wildman–Crippen MR) is 91.7 cm³/mol. The third-order valence-electron chi connectivity index (χ3n) is 4.47. The minimum absolute atomic E-state index is 0.102. The number of hydrogen-bond acceptors (Lipinski definition) is 3. The molecule has 0 bridgehead atoms. The summed E-state index contributed by atoms with van der Waals surface area (Å²) in [5, 5.41) is 12.0. The van der Waals surface area contributed by atoms with Crippen molar-refractivity contribution in [2.75, 3.05) is 0 Å². The van der Waals surface area contributed by atoms with E-state index in [4.69, 9.17) is 4.74 Å². The van der Waals surface area contributed by atoms with Crippen LogP contribution < -0.4 is 5.32 Å². The molecule has 5 nitrogen and oxygen atoms in total. The number of rotatable bonds is 7. The van der Waals surface area contributed by atoms with Crippen molar-refractivity contribution in [3.05, 3.63) is 35.9 Å². The Morgan fingerprint density at radius 2 is 1.79 bits per heavy atom. The zero-order valence-corrected chi connectivity index (χ0v) is 14.2. The van der Waals surface area contributed by atoms with E-state index in [-0.39, 0.29) is 18.4 Å². The average molecular weight is 333 g/mol. The first kappa shape index (κ1) is 18.5. The van der Waals surface area contributed by atoms with E-state index in [0.29, 0.717) is 0 Å². The quantitative estimate of drug-likeness (QED) is 0.752. The number of nitrogens with one attached hydrogen (secondary N) is 1. The number of carboxylic acid groups (broad SMARTS) is 1. The van der Waals surface area contributed by atoms with Gasteiger partial charge in [-0.15, -0.1) is 0 Å². The largest absolute Gasteiger partial charge is 0.480 e. The average Bonchev–Trinajstić information content (AvgIpc) is 2.83. The molecule has 0 aromatic heterocycles. The molecule has 2 atom stereocenters. The molecule has 0 saturated heterocycles. The second-order valence-corrected chi connectivity index (χ2v) is 6.48. The molecule has 0 spiro atoms. The molecule has 0 heterocycles. The first-order valence-corrected chi connectivity index (χ1v) is 8.79. The van der Waals surface area contributed by atoms with Crippen LogP contribution in [0.2, 0.25) is 0 Å². The van der Waals surface area contributed by atoms with Gasteiger partial charge in [0.2, 0.25) is 5.91 Å². The van der Waals surface area contributed by atoms with Gasteiger partial charge in [0.25, 0.3) is 0 Å². The molecule has 1 aliphatic carbocycles. The van der Waals surface area contributed by atoms with Crippen molar-refractivity contribution in [2.24, 2.45) is 0 Å². The lowest BCUT2D eigenvalue weighted by atomic mass is 10.1. The maximum Gasteiger partial charge on any atom is 0.326 e. The Morgan fingerprint density at radius 3 is 2.38 bits per heavy atom. The Balaban J connectivity index is 1.88. The van der Waals surface area contributed by atoms with Crippen LogP contribution in [0.5, 0.6) is 0 Å². The normalized spacial score (nSPS) is 18.4. The Bertz CT molecular complexity index is 523. The number of carbonyl (C=O) groups excluding carboxylic acids is 1. The van der Waals surface area contributed by atoms with E-state index >= 15 is 0 Å². The van der Waals surface area contributed by atoms with Crippen molar-refractivity contribution in [3.8, 4) is 0 Å². The molecule has 1 aromatic carbocycles. The number of aliphatic carboxylic acids is 1. The second kappa shape index (κ2) is 9.42. The summed E-state index contributed by atoms with van der Waals surface area (Å²) in [7, 11) is 0. The highest BCUT2D eigenvalue weighted by molar-refractivity contribution is 5.86. The second-order valence-electron chi connectivity index (χ2n) is 6.48. The summed E-state index contributed by atoms with van der Waals surface area (Å²) in [4.78, 5) is 23.8. The molecule has 1 saturated carbocycles. The number of carboxylic acids is 1. The van der Waals surface area contributed by atoms with Crippen LogP contribution in [0.25, 0.3) is 0 Å². The van der Waals surface area contributed by atoms with E-state index in [1.54, 1.807) is 6.92 Å². The highest BCUT2D eigenvalue weighted by Gasteiger charge is 2.25. The smallest absolute Gasteiger partial charge is 0.326 e. The number of amides is 1. The molecule has 5 heteroatoms. The highest BCUT2D eigenvalue weighted by Crippen LogP contribution is 2.21. The Labute approximate surface area is 143 Å². The number of hydrogen-bond donors (Lipinski definition) is 2. The molecule has 0 aliphatic heterocycles. The molecule has 1 aliphatic rings. The van der Waals surface area contributed by atoms with Crippen molar-refractivity contribution in [1.29, 1.82) is 0 Å². The third kappa shape index (κ3) is 5.96. The Kier molecular flexibility index (Phi) is 7.25. The summed E-state index contributed by atoms with van der Waals surface area (Å²) in [6.45, 7) is 1.70. The number of carbonyl (C=O) groups is 2. The van der Waals surface area contributed by atoms with Crippen molar-refractivity contribution < 1.29 is 19.4 Å². The zero-order chi connectivity index (χ0) is 17.4. The SMILES string of the molecule is CC(OC1CCCCCC1)C(=O)NC(Cc1ccccc1)C(=O)O. The lowest BCUT2D eigenvalue weighted by Gasteiger charge is -2.22. The lowest BCUT2D eigenvalue weighted by molar-refractivity contribution is -0.145. The summed E-state index contributed by atoms with van der Waals surface area (Å²) in [5.41, 5.74) is 0.877. The van der Waals surface area contributed by atoms with E-state index in [1.807, 2.05) is 30.3 Å². The molecule has 24 heavy (non-hydrogen) atoms. The van der Waals surface area contributed by atoms with Crippen molar-refractivity contribution in [1.82, 2.24) is 5.32 Å². The van der Waals surface area contributed by atoms with Gasteiger partial charge in [0.1, 0.15) is 12.1 Å². The van der Waals surface area contributed by atoms with Gasteiger partial charge >= 0.3 is 5.97 Å². The van der Waals surface area contributed by atoms with Crippen LogP contribution >= 0.6 is 0 Å². The standard InChI is InChI=1S/C19H27NO4/c1-14(24-16-11-7-2-3-8-12-16)18(21)20-17(19(22)23)13-15-9-5-4-6-10-15/h4-6,9-10,14,16-17H,2-3,7-8,11-13H2,1H3,(H,20,21)(H,22,23). The van der Waals surface area contributed by atoms with Gasteiger partial charge in [-0.3, -0.25) is 4.79 Å². The summed E-state index contributed by atoms with van der Waals surface area (Å²) < 4.78 is 5.86. The van der Waals surface area contributed by atoms with Gasteiger partial charge in [0, 0.05) is 6.42 Å². The molecule has 1 aromatic rings. The summed E-state index contributed by atoms with van der Waals surface area (Å²) in [6, 6.07) is 8.35. The monoisotopic (exact) mass is 333 g/mol. The van der Waals surface area contributed by atoms with Crippen molar-refractivity contribution in [3.63, 3.8) is 0 Å². The maximum atomic E-state index is 12.3. The van der Waals surface area contributed by atoms with Gasteiger partial charge in [-0.1, -0.05) is 56.0 Å². The molecule has 2 N–H and O–H groups in total. The number of ether oxygens (including phenoxy) is 1. The Morgan fingerprint density at radius 1 is 1.17 bits per heavy atom.